The van der Waals surface area contributed by atoms with E-state index in [2.05, 4.69) is 60.5 Å². The molecule has 0 spiro atoms. The molecule has 5 heteroatoms. The summed E-state index contributed by atoms with van der Waals surface area (Å²) in [5.74, 6) is 0.820. The van der Waals surface area contributed by atoms with Gasteiger partial charge in [0, 0.05) is 63.3 Å². The van der Waals surface area contributed by atoms with E-state index in [-0.39, 0.29) is 11.8 Å². The van der Waals surface area contributed by atoms with E-state index in [1.807, 2.05) is 12.3 Å². The molecule has 5 nitrogen and oxygen atoms in total. The second-order valence-electron chi connectivity index (χ2n) is 8.89. The van der Waals surface area contributed by atoms with Crippen LogP contribution < -0.4 is 0 Å². The number of carbonyl (C=O) groups is 1. The maximum atomic E-state index is 13.7. The van der Waals surface area contributed by atoms with Crippen molar-refractivity contribution >= 4 is 11.5 Å². The lowest BCUT2D eigenvalue weighted by atomic mass is 9.82. The molecule has 1 amide bonds. The quantitative estimate of drug-likeness (QED) is 0.660. The van der Waals surface area contributed by atoms with Gasteiger partial charge in [0.1, 0.15) is 0 Å². The molecule has 29 heavy (non-hydrogen) atoms. The fourth-order valence-electron chi connectivity index (χ4n) is 4.44. The van der Waals surface area contributed by atoms with Crippen molar-refractivity contribution in [3.63, 3.8) is 0 Å². The Kier molecular flexibility index (Phi) is 7.47. The molecule has 0 radical (unpaired) electrons. The van der Waals surface area contributed by atoms with Gasteiger partial charge in [-0.05, 0) is 48.9 Å². The Morgan fingerprint density at radius 3 is 2.31 bits per heavy atom. The van der Waals surface area contributed by atoms with Crippen LogP contribution in [0.4, 0.5) is 0 Å². The van der Waals surface area contributed by atoms with Gasteiger partial charge in [-0.15, -0.1) is 0 Å². The molecule has 2 unspecified atom stereocenters. The van der Waals surface area contributed by atoms with E-state index in [4.69, 9.17) is 0 Å². The SMILES string of the molecule is CCC(C)/C(C(=O)N1CC(N2CCN(C)CC2)C1)=C(/c1cccnc1)C(C)CC. The number of pyridine rings is 1. The van der Waals surface area contributed by atoms with Gasteiger partial charge in [-0.1, -0.05) is 33.8 Å². The highest BCUT2D eigenvalue weighted by atomic mass is 16.2. The Hall–Kier alpha value is -1.72. The second kappa shape index (κ2) is 9.86. The van der Waals surface area contributed by atoms with E-state index in [9.17, 15) is 4.79 Å². The fourth-order valence-corrected chi connectivity index (χ4v) is 4.44. The molecular formula is C24H38N4O. The zero-order valence-corrected chi connectivity index (χ0v) is 18.9. The van der Waals surface area contributed by atoms with Crippen LogP contribution in [-0.2, 0) is 4.79 Å². The number of rotatable bonds is 7. The van der Waals surface area contributed by atoms with Crippen molar-refractivity contribution in [2.24, 2.45) is 11.8 Å². The van der Waals surface area contributed by atoms with Crippen LogP contribution in [0.15, 0.2) is 30.1 Å². The summed E-state index contributed by atoms with van der Waals surface area (Å²) in [6, 6.07) is 4.60. The average Bonchev–Trinajstić information content (AvgIpc) is 2.71. The van der Waals surface area contributed by atoms with Gasteiger partial charge in [-0.3, -0.25) is 14.7 Å². The van der Waals surface area contributed by atoms with Crippen molar-refractivity contribution in [3.8, 4) is 0 Å². The Bertz CT molecular complexity index is 703. The first-order chi connectivity index (χ1) is 14.0. The number of hydrogen-bond donors (Lipinski definition) is 0. The van der Waals surface area contributed by atoms with Gasteiger partial charge < -0.3 is 9.80 Å². The largest absolute Gasteiger partial charge is 0.336 e. The summed E-state index contributed by atoms with van der Waals surface area (Å²) >= 11 is 0. The summed E-state index contributed by atoms with van der Waals surface area (Å²) in [6.07, 6.45) is 5.71. The Morgan fingerprint density at radius 1 is 1.10 bits per heavy atom. The van der Waals surface area contributed by atoms with E-state index in [1.54, 1.807) is 6.20 Å². The van der Waals surface area contributed by atoms with Crippen LogP contribution in [0.2, 0.25) is 0 Å². The van der Waals surface area contributed by atoms with Crippen LogP contribution >= 0.6 is 0 Å². The van der Waals surface area contributed by atoms with Gasteiger partial charge in [-0.25, -0.2) is 0 Å². The number of carbonyl (C=O) groups excluding carboxylic acids is 1. The molecule has 2 fully saturated rings. The summed E-state index contributed by atoms with van der Waals surface area (Å²) in [4.78, 5) is 25.0. The van der Waals surface area contributed by atoms with E-state index in [0.717, 1.165) is 63.2 Å². The zero-order valence-electron chi connectivity index (χ0n) is 18.9. The minimum absolute atomic E-state index is 0.240. The number of allylic oxidation sites excluding steroid dienone is 1. The van der Waals surface area contributed by atoms with Crippen molar-refractivity contribution in [2.45, 2.75) is 46.6 Å². The highest BCUT2D eigenvalue weighted by molar-refractivity contribution is 6.02. The standard InChI is InChI=1S/C24H38N4O/c1-6-18(3)22(20-9-8-10-25-15-20)23(19(4)7-2)24(29)28-16-21(17-28)27-13-11-26(5)12-14-27/h8-10,15,18-19,21H,6-7,11-14,16-17H2,1-5H3/b23-22-. The minimum atomic E-state index is 0.240. The molecule has 0 aromatic carbocycles. The molecule has 1 aromatic heterocycles. The van der Waals surface area contributed by atoms with Crippen LogP contribution in [0.3, 0.4) is 0 Å². The van der Waals surface area contributed by atoms with Gasteiger partial charge >= 0.3 is 0 Å². The average molecular weight is 399 g/mol. The van der Waals surface area contributed by atoms with Crippen LogP contribution in [0.5, 0.6) is 0 Å². The first-order valence-electron chi connectivity index (χ1n) is 11.3. The lowest BCUT2D eigenvalue weighted by molar-refractivity contribution is -0.135. The predicted octanol–water partition coefficient (Wildman–Crippen LogP) is 3.39. The molecule has 0 aliphatic carbocycles. The van der Waals surface area contributed by atoms with Crippen LogP contribution in [0.25, 0.3) is 5.57 Å². The van der Waals surface area contributed by atoms with Gasteiger partial charge in [0.15, 0.2) is 0 Å². The number of hydrogen-bond acceptors (Lipinski definition) is 4. The molecule has 0 saturated carbocycles. The van der Waals surface area contributed by atoms with Gasteiger partial charge in [0.25, 0.3) is 0 Å². The van der Waals surface area contributed by atoms with Crippen LogP contribution in [-0.4, -0.2) is 77.9 Å². The normalized spacial score (nSPS) is 22.0. The van der Waals surface area contributed by atoms with Crippen molar-refractivity contribution in [2.75, 3.05) is 46.3 Å². The highest BCUT2D eigenvalue weighted by Crippen LogP contribution is 2.35. The Balaban J connectivity index is 1.82. The van der Waals surface area contributed by atoms with Crippen LogP contribution in [0.1, 0.15) is 46.1 Å². The second-order valence-corrected chi connectivity index (χ2v) is 8.89. The highest BCUT2D eigenvalue weighted by Gasteiger charge is 2.38. The van der Waals surface area contributed by atoms with Crippen molar-refractivity contribution in [1.82, 2.24) is 19.7 Å². The Morgan fingerprint density at radius 2 is 1.76 bits per heavy atom. The molecule has 2 aliphatic rings. The number of likely N-dealkylation sites (tertiary alicyclic amines) is 1. The van der Waals surface area contributed by atoms with E-state index < -0.39 is 0 Å². The number of aromatic nitrogens is 1. The molecule has 2 atom stereocenters. The molecular weight excluding hydrogens is 360 g/mol. The van der Waals surface area contributed by atoms with E-state index in [1.165, 1.54) is 5.57 Å². The molecule has 3 rings (SSSR count). The monoisotopic (exact) mass is 398 g/mol. The van der Waals surface area contributed by atoms with Crippen molar-refractivity contribution < 1.29 is 4.79 Å². The number of piperazine rings is 1. The molecule has 2 saturated heterocycles. The molecule has 2 aliphatic heterocycles. The third kappa shape index (κ3) is 4.89. The van der Waals surface area contributed by atoms with Crippen LogP contribution in [0, 0.1) is 11.8 Å². The van der Waals surface area contributed by atoms with Gasteiger partial charge in [0.05, 0.1) is 0 Å². The predicted molar refractivity (Wildman–Crippen MR) is 120 cm³/mol. The summed E-state index contributed by atoms with van der Waals surface area (Å²) in [5.41, 5.74) is 3.30. The number of nitrogens with zero attached hydrogens (tertiary/aromatic N) is 4. The van der Waals surface area contributed by atoms with Gasteiger partial charge in [-0.2, -0.15) is 0 Å². The molecule has 0 N–H and O–H groups in total. The smallest absolute Gasteiger partial charge is 0.250 e. The van der Waals surface area contributed by atoms with E-state index >= 15 is 0 Å². The molecule has 160 valence electrons. The van der Waals surface area contributed by atoms with Crippen molar-refractivity contribution in [1.29, 1.82) is 0 Å². The summed E-state index contributed by atoms with van der Waals surface area (Å²) in [6.45, 7) is 15.0. The summed E-state index contributed by atoms with van der Waals surface area (Å²) in [7, 11) is 2.19. The van der Waals surface area contributed by atoms with Crippen molar-refractivity contribution in [3.05, 3.63) is 35.7 Å². The maximum Gasteiger partial charge on any atom is 0.250 e. The first-order valence-corrected chi connectivity index (χ1v) is 11.3. The molecule has 0 bridgehead atoms. The topological polar surface area (TPSA) is 39.7 Å². The maximum absolute atomic E-state index is 13.7. The summed E-state index contributed by atoms with van der Waals surface area (Å²) in [5, 5.41) is 0. The third-order valence-corrected chi connectivity index (χ3v) is 6.91. The number of likely N-dealkylation sites (N-methyl/N-ethyl adjacent to an activating group) is 1. The zero-order chi connectivity index (χ0) is 21.0. The fraction of sp³-hybridized carbons (Fsp3) is 0.667. The lowest BCUT2D eigenvalue weighted by Gasteiger charge is -2.48. The number of amides is 1. The first kappa shape index (κ1) is 22.0. The Labute approximate surface area is 176 Å². The minimum Gasteiger partial charge on any atom is -0.336 e. The summed E-state index contributed by atoms with van der Waals surface area (Å²) < 4.78 is 0. The lowest BCUT2D eigenvalue weighted by Crippen LogP contribution is -2.64. The van der Waals surface area contributed by atoms with E-state index in [0.29, 0.717) is 12.0 Å². The molecule has 1 aromatic rings. The third-order valence-electron chi connectivity index (χ3n) is 6.91. The molecule has 3 heterocycles. The van der Waals surface area contributed by atoms with Gasteiger partial charge in [0.2, 0.25) is 5.91 Å².